The molecule has 0 saturated carbocycles. The summed E-state index contributed by atoms with van der Waals surface area (Å²) < 4.78 is 1.61. The maximum absolute atomic E-state index is 11.9. The minimum Gasteiger partial charge on any atom is -0.322 e. The van der Waals surface area contributed by atoms with Gasteiger partial charge in [-0.15, -0.1) is 10.2 Å². The van der Waals surface area contributed by atoms with E-state index in [0.29, 0.717) is 11.5 Å². The number of hydrogen-bond acceptors (Lipinski definition) is 5. The van der Waals surface area contributed by atoms with Gasteiger partial charge in [0.2, 0.25) is 11.7 Å². The fourth-order valence-corrected chi connectivity index (χ4v) is 1.83. The Bertz CT molecular complexity index is 747. The van der Waals surface area contributed by atoms with Gasteiger partial charge in [-0.3, -0.25) is 9.48 Å². The quantitative estimate of drug-likeness (QED) is 0.761. The molecule has 21 heavy (non-hydrogen) atoms. The molecular weight excluding hydrogens is 270 g/mol. The van der Waals surface area contributed by atoms with Crippen LogP contribution in [0.1, 0.15) is 0 Å². The van der Waals surface area contributed by atoms with Gasteiger partial charge in [0.1, 0.15) is 6.54 Å². The number of aryl methyl sites for hydroxylation is 1. The second-order valence-electron chi connectivity index (χ2n) is 4.46. The van der Waals surface area contributed by atoms with E-state index in [2.05, 4.69) is 25.8 Å². The zero-order chi connectivity index (χ0) is 14.7. The highest BCUT2D eigenvalue weighted by atomic mass is 16.2. The molecule has 106 valence electrons. The van der Waals surface area contributed by atoms with E-state index in [1.165, 1.54) is 4.80 Å². The van der Waals surface area contributed by atoms with Crippen molar-refractivity contribution in [2.24, 2.45) is 7.05 Å². The number of aromatic nitrogens is 6. The molecule has 0 aliphatic heterocycles. The molecule has 0 bridgehead atoms. The van der Waals surface area contributed by atoms with E-state index in [1.54, 1.807) is 24.1 Å². The Morgan fingerprint density at radius 1 is 1.29 bits per heavy atom. The van der Waals surface area contributed by atoms with Crippen molar-refractivity contribution < 1.29 is 4.79 Å². The van der Waals surface area contributed by atoms with E-state index in [9.17, 15) is 4.79 Å². The van der Waals surface area contributed by atoms with Gasteiger partial charge < -0.3 is 5.32 Å². The Balaban J connectivity index is 1.66. The Morgan fingerprint density at radius 3 is 2.81 bits per heavy atom. The molecule has 0 saturated heterocycles. The van der Waals surface area contributed by atoms with Gasteiger partial charge in [0.25, 0.3) is 0 Å². The first kappa shape index (κ1) is 13.0. The van der Waals surface area contributed by atoms with Crippen LogP contribution in [0.15, 0.2) is 42.7 Å². The van der Waals surface area contributed by atoms with Crippen LogP contribution < -0.4 is 5.32 Å². The molecule has 3 aromatic rings. The zero-order valence-electron chi connectivity index (χ0n) is 11.3. The van der Waals surface area contributed by atoms with Gasteiger partial charge in [0.05, 0.1) is 11.9 Å². The van der Waals surface area contributed by atoms with E-state index in [1.807, 2.05) is 30.3 Å². The van der Waals surface area contributed by atoms with E-state index < -0.39 is 0 Å². The van der Waals surface area contributed by atoms with Crippen LogP contribution in [-0.4, -0.2) is 35.9 Å². The number of hydrogen-bond donors (Lipinski definition) is 1. The highest BCUT2D eigenvalue weighted by Gasteiger charge is 2.09. The molecule has 0 atom stereocenters. The number of nitrogens with zero attached hydrogens (tertiary/aromatic N) is 6. The maximum Gasteiger partial charge on any atom is 0.248 e. The lowest BCUT2D eigenvalue weighted by atomic mass is 10.2. The Labute approximate surface area is 120 Å². The predicted octanol–water partition coefficient (Wildman–Crippen LogP) is 0.712. The summed E-state index contributed by atoms with van der Waals surface area (Å²) in [5, 5.41) is 18.7. The molecule has 0 unspecified atom stereocenters. The number of carbonyl (C=O) groups excluding carboxylic acids is 1. The van der Waals surface area contributed by atoms with E-state index in [4.69, 9.17) is 0 Å². The van der Waals surface area contributed by atoms with Crippen molar-refractivity contribution in [1.82, 2.24) is 30.0 Å². The van der Waals surface area contributed by atoms with Crippen molar-refractivity contribution in [2.45, 2.75) is 6.54 Å². The van der Waals surface area contributed by atoms with Gasteiger partial charge in [0.15, 0.2) is 0 Å². The van der Waals surface area contributed by atoms with Crippen LogP contribution in [0.25, 0.3) is 11.4 Å². The fourth-order valence-electron chi connectivity index (χ4n) is 1.83. The Kier molecular flexibility index (Phi) is 3.42. The molecule has 0 aliphatic rings. The molecule has 1 N–H and O–H groups in total. The lowest BCUT2D eigenvalue weighted by molar-refractivity contribution is -0.117. The molecule has 1 amide bonds. The van der Waals surface area contributed by atoms with Gasteiger partial charge in [-0.2, -0.15) is 9.90 Å². The van der Waals surface area contributed by atoms with Crippen molar-refractivity contribution >= 4 is 11.6 Å². The molecule has 2 aromatic heterocycles. The summed E-state index contributed by atoms with van der Waals surface area (Å²) in [6.45, 7) is -0.00523. The normalized spacial score (nSPS) is 10.5. The van der Waals surface area contributed by atoms with E-state index in [0.717, 1.165) is 5.56 Å². The molecular formula is C13H13N7O. The first-order valence-electron chi connectivity index (χ1n) is 6.32. The lowest BCUT2D eigenvalue weighted by Crippen LogP contribution is -2.20. The highest BCUT2D eigenvalue weighted by Crippen LogP contribution is 2.11. The van der Waals surface area contributed by atoms with Crippen molar-refractivity contribution in [3.63, 3.8) is 0 Å². The molecule has 0 aliphatic carbocycles. The smallest absolute Gasteiger partial charge is 0.248 e. The fraction of sp³-hybridized carbons (Fsp3) is 0.154. The van der Waals surface area contributed by atoms with Crippen LogP contribution in [0, 0.1) is 0 Å². The standard InChI is InChI=1S/C13H13N7O/c1-19-8-11(7-14-19)15-12(21)9-20-17-13(16-18-20)10-5-3-2-4-6-10/h2-8H,9H2,1H3,(H,15,21). The largest absolute Gasteiger partial charge is 0.322 e. The summed E-state index contributed by atoms with van der Waals surface area (Å²) in [6, 6.07) is 9.47. The van der Waals surface area contributed by atoms with Crippen LogP contribution in [0.5, 0.6) is 0 Å². The van der Waals surface area contributed by atoms with Crippen LogP contribution in [0.2, 0.25) is 0 Å². The Hall–Kier alpha value is -3.03. The molecule has 0 spiro atoms. The average molecular weight is 283 g/mol. The number of carbonyl (C=O) groups is 1. The van der Waals surface area contributed by atoms with E-state index >= 15 is 0 Å². The summed E-state index contributed by atoms with van der Waals surface area (Å²) in [5.74, 6) is 0.254. The number of rotatable bonds is 4. The first-order chi connectivity index (χ1) is 10.2. The number of benzene rings is 1. The van der Waals surface area contributed by atoms with Gasteiger partial charge in [-0.25, -0.2) is 0 Å². The maximum atomic E-state index is 11.9. The third kappa shape index (κ3) is 3.11. The van der Waals surface area contributed by atoms with Crippen LogP contribution in [0.4, 0.5) is 5.69 Å². The number of tetrazole rings is 1. The van der Waals surface area contributed by atoms with Crippen molar-refractivity contribution in [2.75, 3.05) is 5.32 Å². The van der Waals surface area contributed by atoms with Crippen LogP contribution in [-0.2, 0) is 18.4 Å². The molecule has 0 radical (unpaired) electrons. The predicted molar refractivity (Wildman–Crippen MR) is 75.1 cm³/mol. The second kappa shape index (κ2) is 5.53. The minimum atomic E-state index is -0.236. The van der Waals surface area contributed by atoms with Gasteiger partial charge in [0, 0.05) is 18.8 Å². The first-order valence-corrected chi connectivity index (χ1v) is 6.32. The number of anilines is 1. The van der Waals surface area contributed by atoms with Crippen molar-refractivity contribution in [1.29, 1.82) is 0 Å². The third-order valence-electron chi connectivity index (χ3n) is 2.76. The van der Waals surface area contributed by atoms with Gasteiger partial charge in [-0.05, 0) is 5.21 Å². The SMILES string of the molecule is Cn1cc(NC(=O)Cn2nnc(-c3ccccc3)n2)cn1. The monoisotopic (exact) mass is 283 g/mol. The molecule has 2 heterocycles. The van der Waals surface area contributed by atoms with Gasteiger partial charge >= 0.3 is 0 Å². The molecule has 0 fully saturated rings. The van der Waals surface area contributed by atoms with Crippen molar-refractivity contribution in [3.8, 4) is 11.4 Å². The number of nitrogens with one attached hydrogen (secondary N) is 1. The molecule has 1 aromatic carbocycles. The average Bonchev–Trinajstić information content (AvgIpc) is 3.09. The van der Waals surface area contributed by atoms with Crippen LogP contribution in [0.3, 0.4) is 0 Å². The summed E-state index contributed by atoms with van der Waals surface area (Å²) in [7, 11) is 1.78. The molecule has 8 heteroatoms. The van der Waals surface area contributed by atoms with E-state index in [-0.39, 0.29) is 12.5 Å². The highest BCUT2D eigenvalue weighted by molar-refractivity contribution is 5.90. The molecule has 8 nitrogen and oxygen atoms in total. The third-order valence-corrected chi connectivity index (χ3v) is 2.76. The van der Waals surface area contributed by atoms with Crippen molar-refractivity contribution in [3.05, 3.63) is 42.7 Å². The lowest BCUT2D eigenvalue weighted by Gasteiger charge is -2.00. The Morgan fingerprint density at radius 2 is 2.10 bits per heavy atom. The minimum absolute atomic E-state index is 0.00523. The van der Waals surface area contributed by atoms with Crippen LogP contribution >= 0.6 is 0 Å². The molecule has 3 rings (SSSR count). The number of amides is 1. The summed E-state index contributed by atoms with van der Waals surface area (Å²) in [6.07, 6.45) is 3.28. The summed E-state index contributed by atoms with van der Waals surface area (Å²) >= 11 is 0. The summed E-state index contributed by atoms with van der Waals surface area (Å²) in [4.78, 5) is 13.1. The van der Waals surface area contributed by atoms with Gasteiger partial charge in [-0.1, -0.05) is 30.3 Å². The zero-order valence-corrected chi connectivity index (χ0v) is 11.3. The second-order valence-corrected chi connectivity index (χ2v) is 4.46. The summed E-state index contributed by atoms with van der Waals surface area (Å²) in [5.41, 5.74) is 1.49. The topological polar surface area (TPSA) is 90.5 Å².